The summed E-state index contributed by atoms with van der Waals surface area (Å²) in [6.07, 6.45) is 0. The molecular formula is C15H13N3O4S. The first kappa shape index (κ1) is 15.2. The smallest absolute Gasteiger partial charge is 0.326 e. The Kier molecular flexibility index (Phi) is 4.07. The largest absolute Gasteiger partial charge is 0.456 e. The number of nitrogens with zero attached hydrogens (tertiary/aromatic N) is 2. The molecule has 1 aromatic carbocycles. The number of ether oxygens (including phenoxy) is 1. The first-order chi connectivity index (χ1) is 11.0. The quantitative estimate of drug-likeness (QED) is 0.725. The van der Waals surface area contributed by atoms with E-state index in [1.807, 2.05) is 0 Å². The normalized spacial score (nSPS) is 10.8. The number of H-pyrrole nitrogens is 1. The van der Waals surface area contributed by atoms with E-state index in [9.17, 15) is 14.4 Å². The zero-order chi connectivity index (χ0) is 16.4. The van der Waals surface area contributed by atoms with Gasteiger partial charge in [-0.15, -0.1) is 0 Å². The maximum Gasteiger partial charge on any atom is 0.326 e. The lowest BCUT2D eigenvalue weighted by atomic mass is 10.2. The van der Waals surface area contributed by atoms with Gasteiger partial charge in [-0.05, 0) is 19.1 Å². The molecule has 2 aromatic heterocycles. The van der Waals surface area contributed by atoms with Gasteiger partial charge in [0.05, 0.1) is 10.9 Å². The van der Waals surface area contributed by atoms with Crippen LogP contribution in [0.2, 0.25) is 0 Å². The van der Waals surface area contributed by atoms with Gasteiger partial charge in [-0.3, -0.25) is 19.0 Å². The first-order valence-electron chi connectivity index (χ1n) is 6.83. The van der Waals surface area contributed by atoms with Crippen LogP contribution in [0.4, 0.5) is 0 Å². The van der Waals surface area contributed by atoms with Gasteiger partial charge in [0, 0.05) is 11.1 Å². The summed E-state index contributed by atoms with van der Waals surface area (Å²) in [4.78, 5) is 41.9. The Morgan fingerprint density at radius 1 is 1.35 bits per heavy atom. The number of para-hydroxylation sites is 1. The molecule has 0 spiro atoms. The predicted molar refractivity (Wildman–Crippen MR) is 85.5 cm³/mol. The molecule has 2 heterocycles. The van der Waals surface area contributed by atoms with E-state index in [0.717, 1.165) is 11.3 Å². The summed E-state index contributed by atoms with van der Waals surface area (Å²) >= 11 is 1.03. The van der Waals surface area contributed by atoms with Crippen molar-refractivity contribution in [3.05, 3.63) is 61.2 Å². The third-order valence-electron chi connectivity index (χ3n) is 3.30. The molecule has 0 saturated heterocycles. The van der Waals surface area contributed by atoms with Crippen molar-refractivity contribution >= 4 is 28.2 Å². The predicted octanol–water partition coefficient (Wildman–Crippen LogP) is 1.20. The molecule has 0 saturated carbocycles. The molecule has 7 nitrogen and oxygen atoms in total. The Morgan fingerprint density at radius 3 is 2.87 bits per heavy atom. The number of rotatable bonds is 4. The van der Waals surface area contributed by atoms with Gasteiger partial charge < -0.3 is 9.72 Å². The molecule has 0 aliphatic rings. The van der Waals surface area contributed by atoms with Crippen LogP contribution in [0.15, 0.2) is 39.2 Å². The lowest BCUT2D eigenvalue weighted by Crippen LogP contribution is -2.22. The number of fused-ring (bicyclic) bond motifs is 1. The minimum Gasteiger partial charge on any atom is -0.456 e. The highest BCUT2D eigenvalue weighted by atomic mass is 32.1. The topological polar surface area (TPSA) is 94.0 Å². The monoisotopic (exact) mass is 331 g/mol. The number of hydrogen-bond donors (Lipinski definition) is 1. The fraction of sp³-hybridized carbons (Fsp3) is 0.200. The fourth-order valence-corrected chi connectivity index (χ4v) is 2.86. The van der Waals surface area contributed by atoms with Crippen molar-refractivity contribution in [1.82, 2.24) is 14.5 Å². The van der Waals surface area contributed by atoms with E-state index < -0.39 is 5.97 Å². The van der Waals surface area contributed by atoms with Crippen LogP contribution in [0.25, 0.3) is 10.9 Å². The maximum atomic E-state index is 11.9. The van der Waals surface area contributed by atoms with E-state index >= 15 is 0 Å². The van der Waals surface area contributed by atoms with Crippen molar-refractivity contribution < 1.29 is 9.53 Å². The molecule has 118 valence electrons. The van der Waals surface area contributed by atoms with Crippen molar-refractivity contribution in [3.8, 4) is 0 Å². The Morgan fingerprint density at radius 2 is 2.13 bits per heavy atom. The zero-order valence-corrected chi connectivity index (χ0v) is 13.1. The molecular weight excluding hydrogens is 318 g/mol. The van der Waals surface area contributed by atoms with Crippen molar-refractivity contribution in [2.24, 2.45) is 0 Å². The minimum atomic E-state index is -0.565. The third-order valence-corrected chi connectivity index (χ3v) is 4.18. The Bertz CT molecular complexity index is 986. The van der Waals surface area contributed by atoms with E-state index in [1.165, 1.54) is 4.57 Å². The summed E-state index contributed by atoms with van der Waals surface area (Å²) in [7, 11) is 0. The van der Waals surface area contributed by atoms with Gasteiger partial charge in [0.1, 0.15) is 19.0 Å². The molecule has 0 unspecified atom stereocenters. The summed E-state index contributed by atoms with van der Waals surface area (Å²) < 4.78 is 6.43. The van der Waals surface area contributed by atoms with E-state index in [4.69, 9.17) is 4.74 Å². The molecule has 0 fully saturated rings. The van der Waals surface area contributed by atoms with Crippen LogP contribution in [-0.2, 0) is 22.7 Å². The molecule has 1 N–H and O–H groups in total. The van der Waals surface area contributed by atoms with E-state index in [-0.39, 0.29) is 29.4 Å². The number of aryl methyl sites for hydroxylation is 1. The average Bonchev–Trinajstić information content (AvgIpc) is 2.85. The van der Waals surface area contributed by atoms with Gasteiger partial charge in [-0.25, -0.2) is 4.98 Å². The molecule has 23 heavy (non-hydrogen) atoms. The molecule has 3 aromatic rings. The number of aromatic amines is 1. The Labute approximate surface area is 134 Å². The van der Waals surface area contributed by atoms with Crippen LogP contribution >= 0.6 is 11.3 Å². The Hall–Kier alpha value is -2.74. The van der Waals surface area contributed by atoms with Crippen molar-refractivity contribution in [2.45, 2.75) is 20.1 Å². The van der Waals surface area contributed by atoms with Crippen LogP contribution in [0, 0.1) is 6.92 Å². The number of nitrogens with one attached hydrogen (secondary N) is 1. The van der Waals surface area contributed by atoms with Crippen molar-refractivity contribution in [2.75, 3.05) is 0 Å². The number of carbonyl (C=O) groups is 1. The minimum absolute atomic E-state index is 0.156. The van der Waals surface area contributed by atoms with Gasteiger partial charge in [0.25, 0.3) is 5.56 Å². The number of aromatic nitrogens is 3. The number of benzene rings is 1. The molecule has 0 bridgehead atoms. The Balaban J connectivity index is 1.72. The van der Waals surface area contributed by atoms with Gasteiger partial charge in [-0.1, -0.05) is 23.5 Å². The summed E-state index contributed by atoms with van der Waals surface area (Å²) in [6, 6.07) is 6.91. The highest BCUT2D eigenvalue weighted by Crippen LogP contribution is 2.06. The fourth-order valence-electron chi connectivity index (χ4n) is 2.12. The molecule has 3 rings (SSSR count). The molecule has 8 heteroatoms. The maximum absolute atomic E-state index is 11.9. The number of esters is 1. The zero-order valence-electron chi connectivity index (χ0n) is 12.2. The molecule has 0 atom stereocenters. The molecule has 0 aliphatic heterocycles. The highest BCUT2D eigenvalue weighted by Gasteiger charge is 2.11. The second kappa shape index (κ2) is 6.17. The van der Waals surface area contributed by atoms with E-state index in [1.54, 1.807) is 36.6 Å². The highest BCUT2D eigenvalue weighted by molar-refractivity contribution is 7.07. The van der Waals surface area contributed by atoms with Gasteiger partial charge >= 0.3 is 10.8 Å². The first-order valence-corrected chi connectivity index (χ1v) is 7.71. The van der Waals surface area contributed by atoms with Crippen LogP contribution in [-0.4, -0.2) is 20.5 Å². The summed E-state index contributed by atoms with van der Waals surface area (Å²) in [5.74, 6) is -0.305. The van der Waals surface area contributed by atoms with Gasteiger partial charge in [0.15, 0.2) is 0 Å². The summed E-state index contributed by atoms with van der Waals surface area (Å²) in [5.41, 5.74) is 0.952. The van der Waals surface area contributed by atoms with Crippen LogP contribution in [0.5, 0.6) is 0 Å². The lowest BCUT2D eigenvalue weighted by molar-refractivity contribution is -0.146. The van der Waals surface area contributed by atoms with Crippen molar-refractivity contribution in [1.29, 1.82) is 0 Å². The summed E-state index contributed by atoms with van der Waals surface area (Å²) in [6.45, 7) is 1.43. The molecule has 0 aliphatic carbocycles. The van der Waals surface area contributed by atoms with Gasteiger partial charge in [-0.2, -0.15) is 0 Å². The van der Waals surface area contributed by atoms with E-state index in [2.05, 4.69) is 9.97 Å². The molecule has 0 radical (unpaired) electrons. The van der Waals surface area contributed by atoms with Crippen molar-refractivity contribution in [3.63, 3.8) is 0 Å². The second-order valence-electron chi connectivity index (χ2n) is 4.92. The van der Waals surface area contributed by atoms with Crippen LogP contribution in [0.3, 0.4) is 0 Å². The third kappa shape index (κ3) is 3.21. The SMILES string of the molecule is Cc1csc(=O)n1CC(=O)OCc1nc2ccccc2c(=O)[nH]1. The second-order valence-corrected chi connectivity index (χ2v) is 5.74. The van der Waals surface area contributed by atoms with Crippen LogP contribution in [0.1, 0.15) is 11.5 Å². The lowest BCUT2D eigenvalue weighted by Gasteiger charge is -2.06. The molecule has 0 amide bonds. The number of hydrogen-bond acceptors (Lipinski definition) is 6. The average molecular weight is 331 g/mol. The summed E-state index contributed by atoms with van der Waals surface area (Å²) in [5, 5.41) is 2.15. The standard InChI is InChI=1S/C15H13N3O4S/c1-9-8-23-15(21)18(9)6-13(19)22-7-12-16-11-5-3-2-4-10(11)14(20)17-12/h2-5,8H,6-7H2,1H3,(H,16,17,20). The number of thiazole rings is 1. The van der Waals surface area contributed by atoms with Gasteiger partial charge in [0.2, 0.25) is 0 Å². The van der Waals surface area contributed by atoms with E-state index in [0.29, 0.717) is 16.6 Å². The number of carbonyl (C=O) groups excluding carboxylic acids is 1. The van der Waals surface area contributed by atoms with Crippen LogP contribution < -0.4 is 10.4 Å².